The third kappa shape index (κ3) is 4.33. The molecule has 0 unspecified atom stereocenters. The van der Waals surface area contributed by atoms with E-state index in [2.05, 4.69) is 0 Å². The Bertz CT molecular complexity index is 307. The Morgan fingerprint density at radius 1 is 1.40 bits per heavy atom. The molecule has 0 spiro atoms. The smallest absolute Gasteiger partial charge is 0.137 e. The van der Waals surface area contributed by atoms with Crippen LogP contribution >= 0.6 is 23.4 Å². The number of ether oxygens (including phenoxy) is 1. The fourth-order valence-electron chi connectivity index (χ4n) is 1.17. The molecule has 0 heterocycles. The van der Waals surface area contributed by atoms with E-state index in [1.165, 1.54) is 4.90 Å². The lowest BCUT2D eigenvalue weighted by Crippen LogP contribution is -1.98. The molecule has 1 aromatic rings. The molecule has 0 amide bonds. The fraction of sp³-hybridized carbons (Fsp3) is 0.455. The van der Waals surface area contributed by atoms with Gasteiger partial charge < -0.3 is 10.5 Å². The average Bonchev–Trinajstić information content (AvgIpc) is 2.25. The Morgan fingerprint density at radius 2 is 2.20 bits per heavy atom. The van der Waals surface area contributed by atoms with Gasteiger partial charge in [-0.1, -0.05) is 11.6 Å². The highest BCUT2D eigenvalue weighted by atomic mass is 35.5. The van der Waals surface area contributed by atoms with Crippen LogP contribution in [0, 0.1) is 0 Å². The Kier molecular flexibility index (Phi) is 5.91. The van der Waals surface area contributed by atoms with Crippen molar-refractivity contribution in [3.8, 4) is 5.75 Å². The zero-order valence-electron chi connectivity index (χ0n) is 8.83. The summed E-state index contributed by atoms with van der Waals surface area (Å²) in [6.45, 7) is 0.768. The van der Waals surface area contributed by atoms with E-state index < -0.39 is 0 Å². The summed E-state index contributed by atoms with van der Waals surface area (Å²) in [5.41, 5.74) is 5.42. The van der Waals surface area contributed by atoms with Crippen LogP contribution in [0.5, 0.6) is 5.75 Å². The van der Waals surface area contributed by atoms with Crippen molar-refractivity contribution in [2.75, 3.05) is 19.4 Å². The lowest BCUT2D eigenvalue weighted by Gasteiger charge is -2.05. The molecular weight excluding hydrogens is 230 g/mol. The Hall–Kier alpha value is -0.380. The van der Waals surface area contributed by atoms with Gasteiger partial charge in [0.15, 0.2) is 0 Å². The van der Waals surface area contributed by atoms with Crippen molar-refractivity contribution in [3.63, 3.8) is 0 Å². The number of nitrogens with two attached hydrogens (primary N) is 1. The molecule has 0 radical (unpaired) electrons. The second kappa shape index (κ2) is 6.99. The number of methoxy groups -OCH3 is 1. The summed E-state index contributed by atoms with van der Waals surface area (Å²) < 4.78 is 5.09. The van der Waals surface area contributed by atoms with Gasteiger partial charge in [0.25, 0.3) is 0 Å². The minimum absolute atomic E-state index is 0.668. The van der Waals surface area contributed by atoms with Crippen molar-refractivity contribution in [2.24, 2.45) is 5.73 Å². The maximum atomic E-state index is 6.01. The van der Waals surface area contributed by atoms with E-state index in [4.69, 9.17) is 22.1 Å². The van der Waals surface area contributed by atoms with Crippen molar-refractivity contribution < 1.29 is 4.74 Å². The first-order chi connectivity index (χ1) is 7.27. The normalized spacial score (nSPS) is 10.3. The van der Waals surface area contributed by atoms with Crippen LogP contribution in [0.1, 0.15) is 12.8 Å². The molecule has 1 aromatic carbocycles. The number of halogens is 1. The summed E-state index contributed by atoms with van der Waals surface area (Å²) in [6, 6.07) is 5.86. The Balaban J connectivity index is 2.45. The summed E-state index contributed by atoms with van der Waals surface area (Å²) >= 11 is 7.81. The van der Waals surface area contributed by atoms with Gasteiger partial charge in [0.05, 0.1) is 12.1 Å². The Labute approximate surface area is 100 Å². The van der Waals surface area contributed by atoms with Gasteiger partial charge >= 0.3 is 0 Å². The number of benzene rings is 1. The van der Waals surface area contributed by atoms with Crippen LogP contribution in [0.15, 0.2) is 23.1 Å². The zero-order chi connectivity index (χ0) is 11.1. The topological polar surface area (TPSA) is 35.2 Å². The van der Waals surface area contributed by atoms with E-state index >= 15 is 0 Å². The molecule has 0 fully saturated rings. The van der Waals surface area contributed by atoms with Gasteiger partial charge in [0.2, 0.25) is 0 Å². The van der Waals surface area contributed by atoms with Gasteiger partial charge in [-0.2, -0.15) is 0 Å². The van der Waals surface area contributed by atoms with Crippen molar-refractivity contribution >= 4 is 23.4 Å². The monoisotopic (exact) mass is 245 g/mol. The number of hydrogen-bond acceptors (Lipinski definition) is 3. The molecule has 0 aromatic heterocycles. The molecule has 0 aliphatic carbocycles. The van der Waals surface area contributed by atoms with Gasteiger partial charge in [-0.15, -0.1) is 11.8 Å². The second-order valence-corrected chi connectivity index (χ2v) is 4.72. The van der Waals surface area contributed by atoms with Crippen molar-refractivity contribution in [2.45, 2.75) is 17.7 Å². The highest BCUT2D eigenvalue weighted by molar-refractivity contribution is 7.99. The first-order valence-electron chi connectivity index (χ1n) is 4.94. The third-order valence-electron chi connectivity index (χ3n) is 1.99. The molecule has 2 N–H and O–H groups in total. The predicted octanol–water partition coefficient (Wildman–Crippen LogP) is 3.18. The van der Waals surface area contributed by atoms with Crippen LogP contribution in [-0.4, -0.2) is 19.4 Å². The Morgan fingerprint density at radius 3 is 2.80 bits per heavy atom. The highest BCUT2D eigenvalue weighted by Gasteiger charge is 2.01. The number of hydrogen-bond donors (Lipinski definition) is 1. The number of thioether (sulfide) groups is 1. The molecule has 1 rings (SSSR count). The van der Waals surface area contributed by atoms with Crippen molar-refractivity contribution in [3.05, 3.63) is 23.2 Å². The van der Waals surface area contributed by atoms with E-state index in [1.807, 2.05) is 18.2 Å². The van der Waals surface area contributed by atoms with E-state index in [9.17, 15) is 0 Å². The SMILES string of the molecule is COc1ccc(SCCCCN)cc1Cl. The number of unbranched alkanes of at least 4 members (excludes halogenated alkanes) is 1. The largest absolute Gasteiger partial charge is 0.495 e. The first-order valence-corrected chi connectivity index (χ1v) is 6.30. The minimum atomic E-state index is 0.668. The van der Waals surface area contributed by atoms with Crippen LogP contribution in [0.3, 0.4) is 0 Å². The molecule has 0 bridgehead atoms. The summed E-state index contributed by atoms with van der Waals surface area (Å²) in [6.07, 6.45) is 2.22. The molecule has 0 aliphatic rings. The summed E-state index contributed by atoms with van der Waals surface area (Å²) in [5.74, 6) is 1.81. The lowest BCUT2D eigenvalue weighted by atomic mass is 10.3. The van der Waals surface area contributed by atoms with E-state index in [0.29, 0.717) is 5.02 Å². The van der Waals surface area contributed by atoms with Gasteiger partial charge in [-0.05, 0) is 43.3 Å². The molecule has 0 saturated carbocycles. The van der Waals surface area contributed by atoms with Crippen LogP contribution in [0.2, 0.25) is 5.02 Å². The van der Waals surface area contributed by atoms with Crippen LogP contribution in [-0.2, 0) is 0 Å². The zero-order valence-corrected chi connectivity index (χ0v) is 10.4. The van der Waals surface area contributed by atoms with Gasteiger partial charge in [0.1, 0.15) is 5.75 Å². The molecule has 0 saturated heterocycles. The maximum Gasteiger partial charge on any atom is 0.137 e. The molecule has 2 nitrogen and oxygen atoms in total. The molecule has 84 valence electrons. The second-order valence-electron chi connectivity index (χ2n) is 3.14. The van der Waals surface area contributed by atoms with Crippen LogP contribution < -0.4 is 10.5 Å². The van der Waals surface area contributed by atoms with Gasteiger partial charge in [-0.25, -0.2) is 0 Å². The summed E-state index contributed by atoms with van der Waals surface area (Å²) in [7, 11) is 1.62. The molecule has 0 atom stereocenters. The van der Waals surface area contributed by atoms with E-state index in [0.717, 1.165) is 30.9 Å². The highest BCUT2D eigenvalue weighted by Crippen LogP contribution is 2.29. The minimum Gasteiger partial charge on any atom is -0.495 e. The van der Waals surface area contributed by atoms with Gasteiger partial charge in [-0.3, -0.25) is 0 Å². The third-order valence-corrected chi connectivity index (χ3v) is 3.37. The van der Waals surface area contributed by atoms with Gasteiger partial charge in [0, 0.05) is 4.90 Å². The first kappa shape index (κ1) is 12.7. The molecular formula is C11H16ClNOS. The van der Waals surface area contributed by atoms with E-state index in [-0.39, 0.29) is 0 Å². The average molecular weight is 246 g/mol. The van der Waals surface area contributed by atoms with E-state index in [1.54, 1.807) is 18.9 Å². The van der Waals surface area contributed by atoms with Crippen LogP contribution in [0.25, 0.3) is 0 Å². The summed E-state index contributed by atoms with van der Waals surface area (Å²) in [4.78, 5) is 1.18. The quantitative estimate of drug-likeness (QED) is 0.618. The standard InChI is InChI=1S/C11H16ClNOS/c1-14-11-5-4-9(8-10(11)12)15-7-3-2-6-13/h4-5,8H,2-3,6-7,13H2,1H3. The van der Waals surface area contributed by atoms with Crippen LogP contribution in [0.4, 0.5) is 0 Å². The summed E-state index contributed by atoms with van der Waals surface area (Å²) in [5, 5.41) is 0.668. The number of rotatable bonds is 6. The maximum absolute atomic E-state index is 6.01. The van der Waals surface area contributed by atoms with Crippen molar-refractivity contribution in [1.82, 2.24) is 0 Å². The van der Waals surface area contributed by atoms with Crippen molar-refractivity contribution in [1.29, 1.82) is 0 Å². The predicted molar refractivity (Wildman–Crippen MR) is 67.0 cm³/mol. The lowest BCUT2D eigenvalue weighted by molar-refractivity contribution is 0.414. The molecule has 0 aliphatic heterocycles. The molecule has 15 heavy (non-hydrogen) atoms. The fourth-order valence-corrected chi connectivity index (χ4v) is 2.45. The molecule has 4 heteroatoms.